The topological polar surface area (TPSA) is 47.7 Å². The van der Waals surface area contributed by atoms with E-state index in [2.05, 4.69) is 56.3 Å². The molecule has 0 aliphatic carbocycles. The Labute approximate surface area is 121 Å². The molecule has 0 spiro atoms. The Balaban J connectivity index is 2.02. The highest BCUT2D eigenvalue weighted by Gasteiger charge is 2.13. The van der Waals surface area contributed by atoms with Gasteiger partial charge in [-0.05, 0) is 34.6 Å². The van der Waals surface area contributed by atoms with E-state index in [0.29, 0.717) is 6.04 Å². The molecular formula is C15H25N5. The van der Waals surface area contributed by atoms with Crippen molar-refractivity contribution in [1.29, 1.82) is 0 Å². The smallest absolute Gasteiger partial charge is 0.0638 e. The maximum absolute atomic E-state index is 4.47. The second kappa shape index (κ2) is 6.22. The number of hydrogen-bond donors (Lipinski definition) is 1. The fourth-order valence-corrected chi connectivity index (χ4v) is 2.47. The van der Waals surface area contributed by atoms with E-state index >= 15 is 0 Å². The molecule has 0 aliphatic heterocycles. The summed E-state index contributed by atoms with van der Waals surface area (Å²) in [6.45, 7) is 13.3. The van der Waals surface area contributed by atoms with Crippen LogP contribution in [0.5, 0.6) is 0 Å². The first kappa shape index (κ1) is 14.8. The van der Waals surface area contributed by atoms with Gasteiger partial charge in [-0.15, -0.1) is 0 Å². The van der Waals surface area contributed by atoms with Gasteiger partial charge in [0.1, 0.15) is 0 Å². The second-order valence-electron chi connectivity index (χ2n) is 5.20. The molecule has 110 valence electrons. The molecule has 1 unspecified atom stereocenters. The molecule has 2 aromatic heterocycles. The van der Waals surface area contributed by atoms with Crippen molar-refractivity contribution >= 4 is 0 Å². The van der Waals surface area contributed by atoms with Gasteiger partial charge in [-0.25, -0.2) is 0 Å². The van der Waals surface area contributed by atoms with E-state index in [1.165, 1.54) is 16.8 Å². The minimum atomic E-state index is 0.291. The minimum absolute atomic E-state index is 0.291. The van der Waals surface area contributed by atoms with Crippen molar-refractivity contribution in [2.45, 2.75) is 60.3 Å². The Morgan fingerprint density at radius 2 is 2.00 bits per heavy atom. The molecule has 0 aliphatic rings. The van der Waals surface area contributed by atoms with Crippen LogP contribution in [0.2, 0.25) is 0 Å². The summed E-state index contributed by atoms with van der Waals surface area (Å²) in [7, 11) is 0. The van der Waals surface area contributed by atoms with Gasteiger partial charge in [-0.2, -0.15) is 10.2 Å². The van der Waals surface area contributed by atoms with Crippen LogP contribution in [0.25, 0.3) is 0 Å². The van der Waals surface area contributed by atoms with E-state index in [1.54, 1.807) is 0 Å². The predicted molar refractivity (Wildman–Crippen MR) is 80.5 cm³/mol. The summed E-state index contributed by atoms with van der Waals surface area (Å²) in [4.78, 5) is 0. The zero-order valence-corrected chi connectivity index (χ0v) is 13.1. The Bertz CT molecular complexity index is 567. The molecule has 2 rings (SSSR count). The average molecular weight is 275 g/mol. The molecule has 5 nitrogen and oxygen atoms in total. The first-order chi connectivity index (χ1) is 9.56. The minimum Gasteiger partial charge on any atom is -0.306 e. The van der Waals surface area contributed by atoms with Crippen LogP contribution < -0.4 is 5.32 Å². The summed E-state index contributed by atoms with van der Waals surface area (Å²) in [5.74, 6) is 0. The molecule has 1 N–H and O–H groups in total. The van der Waals surface area contributed by atoms with Crippen molar-refractivity contribution in [2.75, 3.05) is 0 Å². The maximum Gasteiger partial charge on any atom is 0.0638 e. The predicted octanol–water partition coefficient (Wildman–Crippen LogP) is 2.59. The third kappa shape index (κ3) is 2.93. The van der Waals surface area contributed by atoms with Crippen molar-refractivity contribution in [3.8, 4) is 0 Å². The van der Waals surface area contributed by atoms with E-state index < -0.39 is 0 Å². The Hall–Kier alpha value is -1.62. The largest absolute Gasteiger partial charge is 0.306 e. The number of aryl methyl sites for hydroxylation is 3. The molecule has 0 saturated heterocycles. The number of hydrogen-bond acceptors (Lipinski definition) is 3. The molecule has 20 heavy (non-hydrogen) atoms. The fraction of sp³-hybridized carbons (Fsp3) is 0.600. The normalized spacial score (nSPS) is 12.8. The molecule has 0 amide bonds. The summed E-state index contributed by atoms with van der Waals surface area (Å²) in [5.41, 5.74) is 4.88. The number of nitrogens with one attached hydrogen (secondary N) is 1. The van der Waals surface area contributed by atoms with Crippen LogP contribution in [0.3, 0.4) is 0 Å². The van der Waals surface area contributed by atoms with Crippen molar-refractivity contribution in [2.24, 2.45) is 0 Å². The van der Waals surface area contributed by atoms with Crippen LogP contribution in [0.4, 0.5) is 0 Å². The quantitative estimate of drug-likeness (QED) is 0.881. The lowest BCUT2D eigenvalue weighted by molar-refractivity contribution is 0.566. The maximum atomic E-state index is 4.47. The molecule has 0 fully saturated rings. The monoisotopic (exact) mass is 275 g/mol. The fourth-order valence-electron chi connectivity index (χ4n) is 2.47. The first-order valence-electron chi connectivity index (χ1n) is 7.35. The van der Waals surface area contributed by atoms with E-state index in [-0.39, 0.29) is 0 Å². The number of nitrogens with zero attached hydrogens (tertiary/aromatic N) is 4. The zero-order chi connectivity index (χ0) is 14.7. The van der Waals surface area contributed by atoms with Crippen LogP contribution >= 0.6 is 0 Å². The summed E-state index contributed by atoms with van der Waals surface area (Å²) in [6, 6.07) is 0.291. The molecule has 0 bridgehead atoms. The summed E-state index contributed by atoms with van der Waals surface area (Å²) in [6.07, 6.45) is 4.09. The number of aromatic nitrogens is 4. The highest BCUT2D eigenvalue weighted by molar-refractivity contribution is 5.21. The van der Waals surface area contributed by atoms with E-state index in [1.807, 2.05) is 15.6 Å². The van der Waals surface area contributed by atoms with Gasteiger partial charge in [0.2, 0.25) is 0 Å². The highest BCUT2D eigenvalue weighted by atomic mass is 15.3. The molecule has 0 aromatic carbocycles. The Morgan fingerprint density at radius 1 is 1.25 bits per heavy atom. The van der Waals surface area contributed by atoms with Gasteiger partial charge >= 0.3 is 0 Å². The molecule has 5 heteroatoms. The van der Waals surface area contributed by atoms with E-state index in [9.17, 15) is 0 Å². The Morgan fingerprint density at radius 3 is 2.55 bits per heavy atom. The summed E-state index contributed by atoms with van der Waals surface area (Å²) in [5, 5.41) is 12.4. The van der Waals surface area contributed by atoms with Gasteiger partial charge in [0.05, 0.1) is 11.9 Å². The van der Waals surface area contributed by atoms with E-state index in [4.69, 9.17) is 0 Å². The molecule has 2 aromatic rings. The van der Waals surface area contributed by atoms with Crippen molar-refractivity contribution in [1.82, 2.24) is 24.9 Å². The van der Waals surface area contributed by atoms with Gasteiger partial charge in [-0.3, -0.25) is 9.36 Å². The van der Waals surface area contributed by atoms with Gasteiger partial charge in [0.15, 0.2) is 0 Å². The molecule has 0 radical (unpaired) electrons. The lowest BCUT2D eigenvalue weighted by atomic mass is 10.1. The lowest BCUT2D eigenvalue weighted by Gasteiger charge is -2.13. The van der Waals surface area contributed by atoms with Crippen LogP contribution in [-0.2, 0) is 19.6 Å². The van der Waals surface area contributed by atoms with Gasteiger partial charge in [0, 0.05) is 48.7 Å². The highest BCUT2D eigenvalue weighted by Crippen LogP contribution is 2.17. The van der Waals surface area contributed by atoms with Gasteiger partial charge in [0.25, 0.3) is 0 Å². The molecule has 0 saturated carbocycles. The zero-order valence-electron chi connectivity index (χ0n) is 13.1. The first-order valence-corrected chi connectivity index (χ1v) is 7.35. The average Bonchev–Trinajstić information content (AvgIpc) is 2.99. The van der Waals surface area contributed by atoms with Crippen LogP contribution in [-0.4, -0.2) is 19.6 Å². The third-order valence-electron chi connectivity index (χ3n) is 3.88. The van der Waals surface area contributed by atoms with Crippen LogP contribution in [0.1, 0.15) is 49.3 Å². The lowest BCUT2D eigenvalue weighted by Crippen LogP contribution is -2.19. The van der Waals surface area contributed by atoms with E-state index in [0.717, 1.165) is 25.3 Å². The SMILES string of the molecule is CCn1cc(CNC(C)c2cnn(CC)c2C)c(C)n1. The standard InChI is InChI=1S/C15H25N5/c1-6-19-10-14(11(3)18-19)8-16-12(4)15-9-17-20(7-2)13(15)5/h9-10,12,16H,6-8H2,1-5H3. The van der Waals surface area contributed by atoms with Crippen molar-refractivity contribution < 1.29 is 0 Å². The van der Waals surface area contributed by atoms with Gasteiger partial charge in [-0.1, -0.05) is 0 Å². The van der Waals surface area contributed by atoms with Gasteiger partial charge < -0.3 is 5.32 Å². The molecule has 2 heterocycles. The molecular weight excluding hydrogens is 250 g/mol. The molecule has 1 atom stereocenters. The van der Waals surface area contributed by atoms with Crippen LogP contribution in [0.15, 0.2) is 12.4 Å². The Kier molecular flexibility index (Phi) is 4.60. The van der Waals surface area contributed by atoms with Crippen molar-refractivity contribution in [3.63, 3.8) is 0 Å². The number of rotatable bonds is 6. The second-order valence-corrected chi connectivity index (χ2v) is 5.20. The van der Waals surface area contributed by atoms with Crippen LogP contribution in [0, 0.1) is 13.8 Å². The summed E-state index contributed by atoms with van der Waals surface area (Å²) >= 11 is 0. The summed E-state index contributed by atoms with van der Waals surface area (Å²) < 4.78 is 4.02. The third-order valence-corrected chi connectivity index (χ3v) is 3.88. The van der Waals surface area contributed by atoms with Crippen molar-refractivity contribution in [3.05, 3.63) is 34.9 Å².